The molecule has 4 heterocycles. The molecule has 1 fully saturated rings. The van der Waals surface area contributed by atoms with E-state index in [4.69, 9.17) is 0 Å². The van der Waals surface area contributed by atoms with Gasteiger partial charge in [-0.05, 0) is 32.8 Å². The summed E-state index contributed by atoms with van der Waals surface area (Å²) in [6.45, 7) is 6.91. The van der Waals surface area contributed by atoms with E-state index >= 15 is 0 Å². The number of urea groups is 1. The molecule has 4 rings (SSSR count). The number of carbonyl (C=O) groups excluding carboxylic acids is 1. The number of nitrogens with zero attached hydrogens (tertiary/aromatic N) is 6. The summed E-state index contributed by atoms with van der Waals surface area (Å²) in [5.41, 5.74) is 2.18. The third kappa shape index (κ3) is 2.65. The van der Waals surface area contributed by atoms with E-state index in [1.165, 1.54) is 0 Å². The zero-order valence-electron chi connectivity index (χ0n) is 14.2. The Morgan fingerprint density at radius 2 is 2.21 bits per heavy atom. The van der Waals surface area contributed by atoms with Crippen molar-refractivity contribution in [1.29, 1.82) is 0 Å². The topological polar surface area (TPSA) is 80.9 Å². The number of nitrogens with one attached hydrogen (secondary N) is 1. The van der Waals surface area contributed by atoms with Crippen molar-refractivity contribution in [3.63, 3.8) is 0 Å². The molecule has 2 amide bonds. The molecule has 1 N–H and O–H groups in total. The normalized spacial score (nSPS) is 19.8. The van der Waals surface area contributed by atoms with Crippen LogP contribution < -0.4 is 5.32 Å². The van der Waals surface area contributed by atoms with Crippen molar-refractivity contribution in [2.24, 2.45) is 0 Å². The number of hydrogen-bond acceptors (Lipinski definition) is 4. The van der Waals surface area contributed by atoms with E-state index in [9.17, 15) is 4.79 Å². The smallest absolute Gasteiger partial charge is 0.317 e. The van der Waals surface area contributed by atoms with Gasteiger partial charge in [-0.25, -0.2) is 4.79 Å². The Hall–Kier alpha value is -2.38. The number of rotatable bonds is 3. The first-order valence-corrected chi connectivity index (χ1v) is 8.58. The number of hydrogen-bond donors (Lipinski definition) is 1. The Morgan fingerprint density at radius 3 is 3.00 bits per heavy atom. The molecular weight excluding hydrogens is 306 g/mol. The number of aryl methyl sites for hydroxylation is 3. The monoisotopic (exact) mass is 329 g/mol. The van der Waals surface area contributed by atoms with Gasteiger partial charge in [0.15, 0.2) is 5.82 Å². The molecule has 1 saturated heterocycles. The lowest BCUT2D eigenvalue weighted by atomic mass is 10.2. The average molecular weight is 329 g/mol. The van der Waals surface area contributed by atoms with Crippen LogP contribution in [0.4, 0.5) is 4.79 Å². The molecule has 0 aliphatic carbocycles. The van der Waals surface area contributed by atoms with E-state index in [1.807, 2.05) is 16.5 Å². The van der Waals surface area contributed by atoms with E-state index in [-0.39, 0.29) is 12.1 Å². The first-order chi connectivity index (χ1) is 11.6. The van der Waals surface area contributed by atoms with Gasteiger partial charge in [-0.3, -0.25) is 4.68 Å². The molecule has 0 bridgehead atoms. The van der Waals surface area contributed by atoms with Gasteiger partial charge in [-0.15, -0.1) is 10.2 Å². The molecule has 2 aliphatic heterocycles. The highest BCUT2D eigenvalue weighted by Crippen LogP contribution is 2.23. The lowest BCUT2D eigenvalue weighted by molar-refractivity contribution is 0.206. The third-order valence-corrected chi connectivity index (χ3v) is 4.92. The first-order valence-electron chi connectivity index (χ1n) is 8.58. The van der Waals surface area contributed by atoms with Crippen molar-refractivity contribution in [3.05, 3.63) is 29.1 Å². The van der Waals surface area contributed by atoms with E-state index in [0.717, 1.165) is 55.4 Å². The molecule has 0 spiro atoms. The summed E-state index contributed by atoms with van der Waals surface area (Å²) in [7, 11) is 0. The lowest BCUT2D eigenvalue weighted by Gasteiger charge is -2.18. The molecule has 2 aliphatic rings. The summed E-state index contributed by atoms with van der Waals surface area (Å²) < 4.78 is 4.16. The minimum absolute atomic E-state index is 0.0330. The van der Waals surface area contributed by atoms with Gasteiger partial charge in [0.05, 0.1) is 18.3 Å². The summed E-state index contributed by atoms with van der Waals surface area (Å²) in [4.78, 5) is 14.3. The Labute approximate surface area is 140 Å². The van der Waals surface area contributed by atoms with E-state index < -0.39 is 0 Å². The number of aromatic nitrogens is 5. The molecule has 1 atom stereocenters. The molecule has 2 aromatic heterocycles. The SMILES string of the molecule is Cc1cc(C)n(C2CCN(C(=O)NCc3nnc4n3CCC4)C2)n1. The van der Waals surface area contributed by atoms with Gasteiger partial charge in [-0.2, -0.15) is 5.10 Å². The molecule has 24 heavy (non-hydrogen) atoms. The minimum atomic E-state index is -0.0330. The Balaban J connectivity index is 1.35. The molecule has 0 aromatic carbocycles. The largest absolute Gasteiger partial charge is 0.331 e. The zero-order valence-corrected chi connectivity index (χ0v) is 14.2. The van der Waals surface area contributed by atoms with E-state index in [2.05, 4.69) is 38.2 Å². The van der Waals surface area contributed by atoms with Gasteiger partial charge in [0, 0.05) is 31.7 Å². The highest BCUT2D eigenvalue weighted by atomic mass is 16.2. The summed E-state index contributed by atoms with van der Waals surface area (Å²) >= 11 is 0. The molecule has 128 valence electrons. The van der Waals surface area contributed by atoms with E-state index in [1.54, 1.807) is 0 Å². The van der Waals surface area contributed by atoms with Crippen LogP contribution in [0.3, 0.4) is 0 Å². The number of carbonyl (C=O) groups is 1. The van der Waals surface area contributed by atoms with Crippen LogP contribution in [0, 0.1) is 13.8 Å². The van der Waals surface area contributed by atoms with Crippen molar-refractivity contribution in [2.75, 3.05) is 13.1 Å². The predicted molar refractivity (Wildman–Crippen MR) is 87.5 cm³/mol. The molecule has 2 aromatic rings. The van der Waals surface area contributed by atoms with Crippen LogP contribution in [0.1, 0.15) is 41.9 Å². The highest BCUT2D eigenvalue weighted by molar-refractivity contribution is 5.74. The van der Waals surface area contributed by atoms with Crippen molar-refractivity contribution < 1.29 is 4.79 Å². The molecule has 0 radical (unpaired) electrons. The predicted octanol–water partition coefficient (Wildman–Crippen LogP) is 1.19. The second-order valence-electron chi connectivity index (χ2n) is 6.71. The van der Waals surface area contributed by atoms with Gasteiger partial charge in [0.1, 0.15) is 5.82 Å². The van der Waals surface area contributed by atoms with Crippen LogP contribution in [0.2, 0.25) is 0 Å². The van der Waals surface area contributed by atoms with Crippen LogP contribution in [0.25, 0.3) is 0 Å². The maximum atomic E-state index is 12.4. The average Bonchev–Trinajstić information content (AvgIpc) is 3.28. The maximum Gasteiger partial charge on any atom is 0.317 e. The summed E-state index contributed by atoms with van der Waals surface area (Å²) in [6.07, 6.45) is 3.04. The van der Waals surface area contributed by atoms with Gasteiger partial charge in [0.2, 0.25) is 0 Å². The summed E-state index contributed by atoms with van der Waals surface area (Å²) in [6, 6.07) is 2.31. The quantitative estimate of drug-likeness (QED) is 0.917. The molecule has 1 unspecified atom stereocenters. The second-order valence-corrected chi connectivity index (χ2v) is 6.71. The van der Waals surface area contributed by atoms with Gasteiger partial charge < -0.3 is 14.8 Å². The Bertz CT molecular complexity index is 763. The minimum Gasteiger partial charge on any atom is -0.331 e. The summed E-state index contributed by atoms with van der Waals surface area (Å²) in [5.74, 6) is 1.88. The number of amides is 2. The van der Waals surface area contributed by atoms with Crippen molar-refractivity contribution in [1.82, 2.24) is 34.8 Å². The second kappa shape index (κ2) is 5.92. The molecular formula is C16H23N7O. The standard InChI is InChI=1S/C16H23N7O/c1-11-8-12(2)23(20-11)13-5-7-21(10-13)16(24)17-9-15-19-18-14-4-3-6-22(14)15/h8,13H,3-7,9-10H2,1-2H3,(H,17,24). The number of fused-ring (bicyclic) bond motifs is 1. The van der Waals surface area contributed by atoms with Gasteiger partial charge >= 0.3 is 6.03 Å². The van der Waals surface area contributed by atoms with Crippen molar-refractivity contribution in [3.8, 4) is 0 Å². The Kier molecular flexibility index (Phi) is 3.74. The molecule has 8 heteroatoms. The van der Waals surface area contributed by atoms with Crippen molar-refractivity contribution in [2.45, 2.75) is 52.2 Å². The maximum absolute atomic E-state index is 12.4. The fraction of sp³-hybridized carbons (Fsp3) is 0.625. The highest BCUT2D eigenvalue weighted by Gasteiger charge is 2.29. The first kappa shape index (κ1) is 15.2. The Morgan fingerprint density at radius 1 is 1.33 bits per heavy atom. The van der Waals surface area contributed by atoms with Crippen LogP contribution in [-0.2, 0) is 19.5 Å². The van der Waals surface area contributed by atoms with Crippen LogP contribution in [-0.4, -0.2) is 48.6 Å². The van der Waals surface area contributed by atoms with Crippen LogP contribution >= 0.6 is 0 Å². The van der Waals surface area contributed by atoms with Crippen molar-refractivity contribution >= 4 is 6.03 Å². The van der Waals surface area contributed by atoms with Crippen LogP contribution in [0.15, 0.2) is 6.07 Å². The van der Waals surface area contributed by atoms with Gasteiger partial charge in [0.25, 0.3) is 0 Å². The summed E-state index contributed by atoms with van der Waals surface area (Å²) in [5, 5.41) is 15.9. The fourth-order valence-electron chi connectivity index (χ4n) is 3.75. The lowest BCUT2D eigenvalue weighted by Crippen LogP contribution is -2.38. The molecule has 0 saturated carbocycles. The number of likely N-dealkylation sites (tertiary alicyclic amines) is 1. The van der Waals surface area contributed by atoms with Gasteiger partial charge in [-0.1, -0.05) is 0 Å². The van der Waals surface area contributed by atoms with E-state index in [0.29, 0.717) is 13.1 Å². The molecule has 8 nitrogen and oxygen atoms in total. The zero-order chi connectivity index (χ0) is 16.7. The third-order valence-electron chi connectivity index (χ3n) is 4.92. The fourth-order valence-corrected chi connectivity index (χ4v) is 3.75. The van der Waals surface area contributed by atoms with Crippen LogP contribution in [0.5, 0.6) is 0 Å².